The average molecular weight is 615 g/mol. The van der Waals surface area contributed by atoms with Crippen LogP contribution in [0.25, 0.3) is 11.1 Å². The summed E-state index contributed by atoms with van der Waals surface area (Å²) in [5, 5.41) is 0. The van der Waals surface area contributed by atoms with Crippen molar-refractivity contribution >= 4 is 11.4 Å². The number of likely N-dealkylation sites (N-methyl/N-ethyl adjacent to an activating group) is 2. The van der Waals surface area contributed by atoms with Gasteiger partial charge in [0.15, 0.2) is 0 Å². The van der Waals surface area contributed by atoms with Gasteiger partial charge in [-0.3, -0.25) is 19.8 Å². The van der Waals surface area contributed by atoms with Crippen LogP contribution in [0, 0.1) is 0 Å². The van der Waals surface area contributed by atoms with Crippen molar-refractivity contribution in [2.45, 2.75) is 65.5 Å². The van der Waals surface area contributed by atoms with Crippen LogP contribution in [0.2, 0.25) is 0 Å². The quantitative estimate of drug-likeness (QED) is 0.106. The molecule has 8 nitrogen and oxygen atoms in total. The Labute approximate surface area is 274 Å². The second kappa shape index (κ2) is 14.7. The molecule has 0 fully saturated rings. The van der Waals surface area contributed by atoms with Crippen LogP contribution in [0.15, 0.2) is 85.2 Å². The molecule has 2 aromatic heterocycles. The van der Waals surface area contributed by atoms with Crippen LogP contribution in [-0.4, -0.2) is 68.0 Å². The van der Waals surface area contributed by atoms with Gasteiger partial charge in [-0.2, -0.15) is 9.58 Å². The number of nitrogens with zero attached hydrogens (tertiary/aromatic N) is 8. The summed E-state index contributed by atoms with van der Waals surface area (Å²) in [4.78, 5) is 20.9. The van der Waals surface area contributed by atoms with Crippen LogP contribution in [0.5, 0.6) is 0 Å². The molecule has 4 aromatic rings. The van der Waals surface area contributed by atoms with Crippen molar-refractivity contribution in [1.82, 2.24) is 19.8 Å². The first-order valence-corrected chi connectivity index (χ1v) is 15.7. The van der Waals surface area contributed by atoms with Gasteiger partial charge in [-0.05, 0) is 84.6 Å². The van der Waals surface area contributed by atoms with Gasteiger partial charge in [0.25, 0.3) is 0 Å². The maximum Gasteiger partial charge on any atom is 0.329 e. The first-order valence-electron chi connectivity index (χ1n) is 15.7. The van der Waals surface area contributed by atoms with E-state index in [0.29, 0.717) is 24.5 Å². The minimum Gasteiger partial charge on any atom is -0.361 e. The molecule has 2 aromatic carbocycles. The maximum atomic E-state index is 9.88. The highest BCUT2D eigenvalue weighted by Gasteiger charge is 2.21. The third-order valence-electron chi connectivity index (χ3n) is 8.16. The lowest BCUT2D eigenvalue weighted by atomic mass is 9.86. The lowest BCUT2D eigenvalue weighted by Crippen LogP contribution is -2.30. The number of benzene rings is 2. The number of hydrogen-bond acceptors (Lipinski definition) is 4. The molecule has 0 atom stereocenters. The number of hydrogen-bond donors (Lipinski definition) is 0. The summed E-state index contributed by atoms with van der Waals surface area (Å²) < 4.78 is 0. The third-order valence-corrected chi connectivity index (χ3v) is 8.16. The van der Waals surface area contributed by atoms with Crippen molar-refractivity contribution in [3.05, 3.63) is 141 Å². The minimum atomic E-state index is 0.0513. The van der Waals surface area contributed by atoms with Crippen LogP contribution in [-0.2, 0) is 23.9 Å². The molecule has 2 heterocycles. The van der Waals surface area contributed by atoms with Gasteiger partial charge < -0.3 is 11.1 Å². The monoisotopic (exact) mass is 614 g/mol. The highest BCUT2D eigenvalue weighted by Crippen LogP contribution is 2.24. The molecule has 8 heteroatoms. The molecule has 4 rings (SSSR count). The third kappa shape index (κ3) is 9.00. The van der Waals surface area contributed by atoms with Gasteiger partial charge in [0, 0.05) is 38.6 Å². The topological polar surface area (TPSA) is 105 Å². The molecule has 0 aliphatic carbocycles. The highest BCUT2D eigenvalue weighted by molar-refractivity contribution is 6.09. The van der Waals surface area contributed by atoms with Crippen molar-refractivity contribution in [3.63, 3.8) is 0 Å². The number of pyridine rings is 2. The number of rotatable bonds is 11. The average Bonchev–Trinajstić information content (AvgIpc) is 3.01. The van der Waals surface area contributed by atoms with Gasteiger partial charge >= 0.3 is 11.4 Å². The van der Waals surface area contributed by atoms with Crippen molar-refractivity contribution in [2.24, 2.45) is 0 Å². The Balaban J connectivity index is 1.35. The van der Waals surface area contributed by atoms with E-state index in [4.69, 9.17) is 0 Å². The van der Waals surface area contributed by atoms with Gasteiger partial charge in [-0.1, -0.05) is 65.8 Å². The molecule has 0 unspecified atom stereocenters. The summed E-state index contributed by atoms with van der Waals surface area (Å²) in [6.07, 6.45) is 3.53. The smallest absolute Gasteiger partial charge is 0.329 e. The van der Waals surface area contributed by atoms with E-state index >= 15 is 0 Å². The van der Waals surface area contributed by atoms with Gasteiger partial charge in [0.05, 0.1) is 33.6 Å². The Morgan fingerprint density at radius 1 is 0.565 bits per heavy atom. The standard InChI is InChI=1S/C38H46N8/c1-37(2,3)31-13-9-27(10-14-31)35(43-39)29-17-19-41-33(23-29)25-45(7)21-22-46(8)26-34-24-30(18-20-42-34)36(44-40)28-11-15-32(16-12-28)38(4,5)6/h9-20,23-24H,21-22,25-26H2,1-8H3. The molecule has 46 heavy (non-hydrogen) atoms. The normalized spacial score (nSPS) is 11.8. The van der Waals surface area contributed by atoms with Crippen molar-refractivity contribution in [1.29, 1.82) is 0 Å². The van der Waals surface area contributed by atoms with E-state index in [1.807, 2.05) is 48.5 Å². The Morgan fingerprint density at radius 3 is 1.22 bits per heavy atom. The van der Waals surface area contributed by atoms with Gasteiger partial charge in [-0.15, -0.1) is 0 Å². The van der Waals surface area contributed by atoms with Gasteiger partial charge in [0.1, 0.15) is 0 Å². The molecule has 238 valence electrons. The Hall–Kier alpha value is -4.58. The molecular formula is C38H46N8. The van der Waals surface area contributed by atoms with Crippen LogP contribution in [0.3, 0.4) is 0 Å². The molecule has 0 amide bonds. The van der Waals surface area contributed by atoms with Crippen LogP contribution >= 0.6 is 0 Å². The lowest BCUT2D eigenvalue weighted by Gasteiger charge is -2.21. The Morgan fingerprint density at radius 2 is 0.913 bits per heavy atom. The lowest BCUT2D eigenvalue weighted by molar-refractivity contribution is -0.00325. The van der Waals surface area contributed by atoms with Crippen molar-refractivity contribution in [3.8, 4) is 0 Å². The summed E-state index contributed by atoms with van der Waals surface area (Å²) >= 11 is 0. The zero-order valence-electron chi connectivity index (χ0n) is 28.5. The summed E-state index contributed by atoms with van der Waals surface area (Å²) in [5.41, 5.74) is 28.5. The molecular weight excluding hydrogens is 568 g/mol. The van der Waals surface area contributed by atoms with Gasteiger partial charge in [0.2, 0.25) is 0 Å². The molecule has 0 radical (unpaired) electrons. The van der Waals surface area contributed by atoms with E-state index in [1.54, 1.807) is 12.4 Å². The van der Waals surface area contributed by atoms with Crippen LogP contribution in [0.1, 0.15) is 86.3 Å². The fraction of sp³-hybridized carbons (Fsp3) is 0.368. The summed E-state index contributed by atoms with van der Waals surface area (Å²) in [5.74, 6) is 0. The van der Waals surface area contributed by atoms with Gasteiger partial charge in [-0.25, -0.2) is 0 Å². The van der Waals surface area contributed by atoms with E-state index in [9.17, 15) is 11.1 Å². The summed E-state index contributed by atoms with van der Waals surface area (Å²) in [6.45, 7) is 16.0. The van der Waals surface area contributed by atoms with E-state index in [2.05, 4.69) is 109 Å². The molecule has 0 saturated heterocycles. The minimum absolute atomic E-state index is 0.0513. The fourth-order valence-corrected chi connectivity index (χ4v) is 5.30. The Bertz CT molecular complexity index is 1600. The van der Waals surface area contributed by atoms with E-state index in [-0.39, 0.29) is 10.8 Å². The molecule has 0 N–H and O–H groups in total. The summed E-state index contributed by atoms with van der Waals surface area (Å²) in [6, 6.07) is 24.1. The zero-order valence-corrected chi connectivity index (χ0v) is 28.5. The van der Waals surface area contributed by atoms with Crippen molar-refractivity contribution < 1.29 is 9.58 Å². The molecule has 0 aliphatic rings. The molecule has 0 bridgehead atoms. The SMILES string of the molecule is CN(CCN(C)Cc1cc(C(=[N+]=[N-])c2ccc(C(C)(C)C)cc2)ccn1)Cc1cc(C(=[N+]=[N-])c2ccc(C(C)(C)C)cc2)ccn1. The second-order valence-corrected chi connectivity index (χ2v) is 14.1. The van der Waals surface area contributed by atoms with Crippen LogP contribution < -0.4 is 0 Å². The first kappa shape index (κ1) is 34.3. The van der Waals surface area contributed by atoms with E-state index < -0.39 is 0 Å². The molecule has 0 saturated carbocycles. The van der Waals surface area contributed by atoms with E-state index in [0.717, 1.165) is 46.7 Å². The first-order chi connectivity index (χ1) is 21.8. The fourth-order valence-electron chi connectivity index (χ4n) is 5.30. The largest absolute Gasteiger partial charge is 0.361 e. The zero-order chi connectivity index (χ0) is 33.5. The van der Waals surface area contributed by atoms with Crippen molar-refractivity contribution in [2.75, 3.05) is 27.2 Å². The predicted octanol–water partition coefficient (Wildman–Crippen LogP) is 6.77. The Kier molecular flexibility index (Phi) is 10.9. The number of aromatic nitrogens is 2. The molecule has 0 aliphatic heterocycles. The molecule has 0 spiro atoms. The van der Waals surface area contributed by atoms with E-state index in [1.165, 1.54) is 11.1 Å². The summed E-state index contributed by atoms with van der Waals surface area (Å²) in [7, 11) is 4.14. The maximum absolute atomic E-state index is 9.88. The van der Waals surface area contributed by atoms with Crippen LogP contribution in [0.4, 0.5) is 0 Å². The highest BCUT2D eigenvalue weighted by atomic mass is 15.2. The predicted molar refractivity (Wildman–Crippen MR) is 185 cm³/mol. The second-order valence-electron chi connectivity index (χ2n) is 14.1.